The Morgan fingerprint density at radius 3 is 2.30 bits per heavy atom. The van der Waals surface area contributed by atoms with Gasteiger partial charge in [0.1, 0.15) is 0 Å². The van der Waals surface area contributed by atoms with Crippen LogP contribution in [0.15, 0.2) is 83.8 Å². The van der Waals surface area contributed by atoms with Crippen molar-refractivity contribution in [1.29, 1.82) is 0 Å². The second-order valence-electron chi connectivity index (χ2n) is 5.27. The third kappa shape index (κ3) is 4.38. The molecule has 3 rings (SSSR count). The van der Waals surface area contributed by atoms with Crippen molar-refractivity contribution >= 4 is 17.4 Å². The van der Waals surface area contributed by atoms with Crippen molar-refractivity contribution in [3.05, 3.63) is 84.4 Å². The van der Waals surface area contributed by atoms with Crippen LogP contribution in [0, 0.1) is 0 Å². The predicted octanol–water partition coefficient (Wildman–Crippen LogP) is 5.19. The SMILES string of the molecule is CSc1ccc(-c2cccc(CNNc3ccccc3)c2)cc1. The molecule has 0 bridgehead atoms. The first-order chi connectivity index (χ1) is 11.3. The fourth-order valence-corrected chi connectivity index (χ4v) is 2.82. The van der Waals surface area contributed by atoms with E-state index >= 15 is 0 Å². The maximum Gasteiger partial charge on any atom is 0.0487 e. The summed E-state index contributed by atoms with van der Waals surface area (Å²) in [5.74, 6) is 0. The van der Waals surface area contributed by atoms with Crippen LogP contribution in [0.2, 0.25) is 0 Å². The van der Waals surface area contributed by atoms with Crippen molar-refractivity contribution in [2.24, 2.45) is 0 Å². The third-order valence-electron chi connectivity index (χ3n) is 3.65. The molecule has 0 amide bonds. The highest BCUT2D eigenvalue weighted by Gasteiger charge is 2.00. The Hall–Kier alpha value is -2.23. The first-order valence-corrected chi connectivity index (χ1v) is 8.85. The average Bonchev–Trinajstić information content (AvgIpc) is 2.63. The maximum atomic E-state index is 3.26. The number of nitrogens with one attached hydrogen (secondary N) is 2. The zero-order valence-electron chi connectivity index (χ0n) is 13.1. The van der Waals surface area contributed by atoms with Crippen molar-refractivity contribution in [2.75, 3.05) is 11.7 Å². The van der Waals surface area contributed by atoms with Crippen LogP contribution in [0.4, 0.5) is 5.69 Å². The minimum absolute atomic E-state index is 0.769. The van der Waals surface area contributed by atoms with Crippen LogP contribution in [0.5, 0.6) is 0 Å². The normalized spacial score (nSPS) is 10.5. The van der Waals surface area contributed by atoms with Crippen LogP contribution < -0.4 is 10.9 Å². The zero-order valence-corrected chi connectivity index (χ0v) is 13.9. The lowest BCUT2D eigenvalue weighted by Crippen LogP contribution is -2.20. The Kier molecular flexibility index (Phi) is 5.35. The highest BCUT2D eigenvalue weighted by Crippen LogP contribution is 2.23. The predicted molar refractivity (Wildman–Crippen MR) is 101 cm³/mol. The molecule has 2 N–H and O–H groups in total. The van der Waals surface area contributed by atoms with Gasteiger partial charge in [-0.2, -0.15) is 0 Å². The smallest absolute Gasteiger partial charge is 0.0487 e. The summed E-state index contributed by atoms with van der Waals surface area (Å²) in [5.41, 5.74) is 11.3. The molecule has 116 valence electrons. The van der Waals surface area contributed by atoms with Gasteiger partial charge in [0.15, 0.2) is 0 Å². The number of hydrogen-bond donors (Lipinski definition) is 2. The van der Waals surface area contributed by atoms with E-state index < -0.39 is 0 Å². The molecular formula is C20H20N2S. The first kappa shape index (κ1) is 15.7. The molecule has 0 unspecified atom stereocenters. The molecule has 3 aromatic rings. The van der Waals surface area contributed by atoms with Gasteiger partial charge in [0.05, 0.1) is 0 Å². The van der Waals surface area contributed by atoms with E-state index in [9.17, 15) is 0 Å². The third-order valence-corrected chi connectivity index (χ3v) is 4.39. The zero-order chi connectivity index (χ0) is 15.9. The van der Waals surface area contributed by atoms with Crippen molar-refractivity contribution in [2.45, 2.75) is 11.4 Å². The number of anilines is 1. The van der Waals surface area contributed by atoms with Gasteiger partial charge in [-0.1, -0.05) is 48.5 Å². The van der Waals surface area contributed by atoms with Crippen LogP contribution in [0.3, 0.4) is 0 Å². The van der Waals surface area contributed by atoms with Gasteiger partial charge in [-0.05, 0) is 53.3 Å². The fourth-order valence-electron chi connectivity index (χ4n) is 2.41. The van der Waals surface area contributed by atoms with E-state index in [2.05, 4.69) is 65.6 Å². The molecular weight excluding hydrogens is 300 g/mol. The highest BCUT2D eigenvalue weighted by molar-refractivity contribution is 7.98. The second kappa shape index (κ2) is 7.86. The fraction of sp³-hybridized carbons (Fsp3) is 0.100. The Morgan fingerprint density at radius 2 is 1.57 bits per heavy atom. The molecule has 3 aromatic carbocycles. The number of benzene rings is 3. The van der Waals surface area contributed by atoms with Gasteiger partial charge in [0, 0.05) is 17.1 Å². The van der Waals surface area contributed by atoms with Gasteiger partial charge in [-0.15, -0.1) is 11.8 Å². The quantitative estimate of drug-likeness (QED) is 0.482. The van der Waals surface area contributed by atoms with Crippen molar-refractivity contribution in [3.8, 4) is 11.1 Å². The Labute approximate surface area is 141 Å². The van der Waals surface area contributed by atoms with Crippen LogP contribution in [-0.4, -0.2) is 6.26 Å². The van der Waals surface area contributed by atoms with Gasteiger partial charge in [-0.3, -0.25) is 0 Å². The molecule has 0 spiro atoms. The Morgan fingerprint density at radius 1 is 0.783 bits per heavy atom. The molecule has 0 aliphatic heterocycles. The van der Waals surface area contributed by atoms with Crippen LogP contribution >= 0.6 is 11.8 Å². The average molecular weight is 320 g/mol. The highest BCUT2D eigenvalue weighted by atomic mass is 32.2. The minimum atomic E-state index is 0.769. The van der Waals surface area contributed by atoms with E-state index in [1.807, 2.05) is 30.3 Å². The molecule has 0 atom stereocenters. The minimum Gasteiger partial charge on any atom is -0.321 e. The van der Waals surface area contributed by atoms with Gasteiger partial charge >= 0.3 is 0 Å². The lowest BCUT2D eigenvalue weighted by molar-refractivity contribution is 0.802. The maximum absolute atomic E-state index is 3.26. The summed E-state index contributed by atoms with van der Waals surface area (Å²) in [6.45, 7) is 0.769. The number of rotatable bonds is 6. The van der Waals surface area contributed by atoms with Crippen molar-refractivity contribution < 1.29 is 0 Å². The van der Waals surface area contributed by atoms with E-state index in [1.165, 1.54) is 21.6 Å². The summed E-state index contributed by atoms with van der Waals surface area (Å²) in [5, 5.41) is 0. The molecule has 23 heavy (non-hydrogen) atoms. The molecule has 0 aliphatic carbocycles. The van der Waals surface area contributed by atoms with Gasteiger partial charge in [-0.25, -0.2) is 5.43 Å². The summed E-state index contributed by atoms with van der Waals surface area (Å²) < 4.78 is 0. The first-order valence-electron chi connectivity index (χ1n) is 7.62. The van der Waals surface area contributed by atoms with Crippen LogP contribution in [-0.2, 0) is 6.54 Å². The standard InChI is InChI=1S/C20H20N2S/c1-23-20-12-10-17(11-13-20)18-7-5-6-16(14-18)15-21-22-19-8-3-2-4-9-19/h2-14,21-22H,15H2,1H3. The molecule has 3 heteroatoms. The largest absolute Gasteiger partial charge is 0.321 e. The molecule has 0 heterocycles. The van der Waals surface area contributed by atoms with Crippen molar-refractivity contribution in [1.82, 2.24) is 5.43 Å². The second-order valence-corrected chi connectivity index (χ2v) is 6.15. The monoisotopic (exact) mass is 320 g/mol. The van der Waals surface area contributed by atoms with Crippen LogP contribution in [0.1, 0.15) is 5.56 Å². The summed E-state index contributed by atoms with van der Waals surface area (Å²) in [4.78, 5) is 1.29. The molecule has 0 fully saturated rings. The number of thioether (sulfide) groups is 1. The number of hydrazine groups is 1. The Balaban J connectivity index is 1.64. The van der Waals surface area contributed by atoms with Gasteiger partial charge < -0.3 is 5.43 Å². The van der Waals surface area contributed by atoms with Crippen molar-refractivity contribution in [3.63, 3.8) is 0 Å². The number of para-hydroxylation sites is 1. The molecule has 0 radical (unpaired) electrons. The summed E-state index contributed by atoms with van der Waals surface area (Å²) in [7, 11) is 0. The van der Waals surface area contributed by atoms with Gasteiger partial charge in [0.25, 0.3) is 0 Å². The number of hydrogen-bond acceptors (Lipinski definition) is 3. The summed E-state index contributed by atoms with van der Waals surface area (Å²) in [6.07, 6.45) is 2.10. The summed E-state index contributed by atoms with van der Waals surface area (Å²) >= 11 is 1.77. The molecule has 2 nitrogen and oxygen atoms in total. The lowest BCUT2D eigenvalue weighted by atomic mass is 10.0. The van der Waals surface area contributed by atoms with Crippen LogP contribution in [0.25, 0.3) is 11.1 Å². The molecule has 0 saturated carbocycles. The Bertz CT molecular complexity index is 739. The molecule has 0 saturated heterocycles. The van der Waals surface area contributed by atoms with Gasteiger partial charge in [0.2, 0.25) is 0 Å². The molecule has 0 aliphatic rings. The lowest BCUT2D eigenvalue weighted by Gasteiger charge is -2.10. The topological polar surface area (TPSA) is 24.1 Å². The molecule has 0 aromatic heterocycles. The van der Waals surface area contributed by atoms with E-state index in [0.29, 0.717) is 0 Å². The van der Waals surface area contributed by atoms with E-state index in [-0.39, 0.29) is 0 Å². The summed E-state index contributed by atoms with van der Waals surface area (Å²) in [6, 6.07) is 27.5. The van der Waals surface area contributed by atoms with E-state index in [4.69, 9.17) is 0 Å². The van der Waals surface area contributed by atoms with E-state index in [1.54, 1.807) is 11.8 Å². The van der Waals surface area contributed by atoms with E-state index in [0.717, 1.165) is 12.2 Å².